The van der Waals surface area contributed by atoms with Crippen LogP contribution in [0.5, 0.6) is 0 Å². The van der Waals surface area contributed by atoms with E-state index in [0.29, 0.717) is 0 Å². The standard InChI is InChI=1S/C10H14FN3O2S/c11-9-2-1-3-13-10(9)17(15,16)14-6-7-4-8(12)5-7/h1-3,7-8,14H,4-6,12H2. The van der Waals surface area contributed by atoms with E-state index in [9.17, 15) is 12.8 Å². The molecular formula is C10H14FN3O2S. The molecule has 0 saturated heterocycles. The molecule has 3 N–H and O–H groups in total. The summed E-state index contributed by atoms with van der Waals surface area (Å²) in [5, 5.41) is -0.552. The van der Waals surface area contributed by atoms with Crippen molar-refractivity contribution in [3.63, 3.8) is 0 Å². The zero-order chi connectivity index (χ0) is 12.5. The number of halogens is 1. The molecule has 1 aromatic rings. The lowest BCUT2D eigenvalue weighted by Crippen LogP contribution is -2.42. The number of nitrogens with two attached hydrogens (primary N) is 1. The van der Waals surface area contributed by atoms with Crippen molar-refractivity contribution in [3.05, 3.63) is 24.1 Å². The van der Waals surface area contributed by atoms with Gasteiger partial charge < -0.3 is 5.73 Å². The molecule has 2 rings (SSSR count). The second-order valence-corrected chi connectivity index (χ2v) is 5.92. The van der Waals surface area contributed by atoms with E-state index in [0.717, 1.165) is 18.9 Å². The van der Waals surface area contributed by atoms with Crippen LogP contribution < -0.4 is 10.5 Å². The van der Waals surface area contributed by atoms with Gasteiger partial charge in [-0.1, -0.05) is 0 Å². The maximum absolute atomic E-state index is 13.3. The Bertz CT molecular complexity index is 500. The summed E-state index contributed by atoms with van der Waals surface area (Å²) in [6, 6.07) is 2.58. The lowest BCUT2D eigenvalue weighted by Gasteiger charge is -2.32. The van der Waals surface area contributed by atoms with E-state index in [-0.39, 0.29) is 18.5 Å². The molecule has 1 aromatic heterocycles. The van der Waals surface area contributed by atoms with Crippen LogP contribution in [-0.4, -0.2) is 26.0 Å². The first-order chi connectivity index (χ1) is 7.99. The number of nitrogens with one attached hydrogen (secondary N) is 1. The Hall–Kier alpha value is -1.05. The lowest BCUT2D eigenvalue weighted by molar-refractivity contribution is 0.267. The van der Waals surface area contributed by atoms with Gasteiger partial charge in [-0.2, -0.15) is 0 Å². The zero-order valence-electron chi connectivity index (χ0n) is 9.14. The minimum absolute atomic E-state index is 0.163. The predicted octanol–water partition coefficient (Wildman–Crippen LogP) is 0.236. The van der Waals surface area contributed by atoms with E-state index >= 15 is 0 Å². The summed E-state index contributed by atoms with van der Waals surface area (Å²) in [5.74, 6) is -0.600. The normalized spacial score (nSPS) is 24.4. The number of sulfonamides is 1. The van der Waals surface area contributed by atoms with Gasteiger partial charge in [-0.05, 0) is 30.9 Å². The topological polar surface area (TPSA) is 85.1 Å². The fraction of sp³-hybridized carbons (Fsp3) is 0.500. The Balaban J connectivity index is 2.02. The summed E-state index contributed by atoms with van der Waals surface area (Å²) in [4.78, 5) is 3.54. The number of pyridine rings is 1. The number of hydrogen-bond donors (Lipinski definition) is 2. The van der Waals surface area contributed by atoms with E-state index in [4.69, 9.17) is 5.73 Å². The summed E-state index contributed by atoms with van der Waals surface area (Å²) in [6.45, 7) is 0.284. The molecule has 1 aliphatic carbocycles. The molecule has 0 atom stereocenters. The highest BCUT2D eigenvalue weighted by Gasteiger charge is 2.28. The molecule has 17 heavy (non-hydrogen) atoms. The summed E-state index contributed by atoms with van der Waals surface area (Å²) in [5.41, 5.74) is 5.59. The van der Waals surface area contributed by atoms with Gasteiger partial charge in [0.25, 0.3) is 10.0 Å². The van der Waals surface area contributed by atoms with Gasteiger partial charge >= 0.3 is 0 Å². The second-order valence-electron chi connectivity index (χ2n) is 4.24. The third-order valence-corrected chi connectivity index (χ3v) is 4.17. The molecule has 0 spiro atoms. The van der Waals surface area contributed by atoms with Crippen LogP contribution in [0.4, 0.5) is 4.39 Å². The van der Waals surface area contributed by atoms with Gasteiger partial charge in [0, 0.05) is 18.8 Å². The summed E-state index contributed by atoms with van der Waals surface area (Å²) in [7, 11) is -3.86. The van der Waals surface area contributed by atoms with Gasteiger partial charge in [-0.3, -0.25) is 0 Å². The van der Waals surface area contributed by atoms with Gasteiger partial charge in [0.2, 0.25) is 5.03 Å². The van der Waals surface area contributed by atoms with Crippen LogP contribution in [0.1, 0.15) is 12.8 Å². The van der Waals surface area contributed by atoms with Crippen molar-refractivity contribution in [2.45, 2.75) is 23.9 Å². The molecular weight excluding hydrogens is 245 g/mol. The maximum Gasteiger partial charge on any atom is 0.261 e. The Morgan fingerprint density at radius 1 is 1.53 bits per heavy atom. The molecule has 0 unspecified atom stereocenters. The van der Waals surface area contributed by atoms with Crippen molar-refractivity contribution in [1.82, 2.24) is 9.71 Å². The number of aromatic nitrogens is 1. The molecule has 0 bridgehead atoms. The molecule has 0 aliphatic heterocycles. The molecule has 1 saturated carbocycles. The first-order valence-electron chi connectivity index (χ1n) is 5.35. The highest BCUT2D eigenvalue weighted by molar-refractivity contribution is 7.89. The minimum atomic E-state index is -3.86. The fourth-order valence-electron chi connectivity index (χ4n) is 1.82. The second kappa shape index (κ2) is 4.67. The number of hydrogen-bond acceptors (Lipinski definition) is 4. The molecule has 0 radical (unpaired) electrons. The van der Waals surface area contributed by atoms with E-state index < -0.39 is 20.9 Å². The van der Waals surface area contributed by atoms with Gasteiger partial charge in [-0.25, -0.2) is 22.5 Å². The van der Waals surface area contributed by atoms with Gasteiger partial charge in [0.05, 0.1) is 0 Å². The number of rotatable bonds is 4. The van der Waals surface area contributed by atoms with Crippen molar-refractivity contribution in [3.8, 4) is 0 Å². The van der Waals surface area contributed by atoms with Crippen LogP contribution in [0.3, 0.4) is 0 Å². The first kappa shape index (κ1) is 12.4. The molecule has 1 fully saturated rings. The lowest BCUT2D eigenvalue weighted by atomic mass is 9.81. The van der Waals surface area contributed by atoms with Crippen LogP contribution in [-0.2, 0) is 10.0 Å². The van der Waals surface area contributed by atoms with E-state index in [1.165, 1.54) is 12.3 Å². The maximum atomic E-state index is 13.3. The zero-order valence-corrected chi connectivity index (χ0v) is 9.95. The summed E-state index contributed by atoms with van der Waals surface area (Å²) in [6.07, 6.45) is 2.84. The quantitative estimate of drug-likeness (QED) is 0.811. The van der Waals surface area contributed by atoms with Crippen molar-refractivity contribution in [2.24, 2.45) is 11.7 Å². The van der Waals surface area contributed by atoms with Gasteiger partial charge in [0.1, 0.15) is 0 Å². The van der Waals surface area contributed by atoms with Crippen LogP contribution in [0.25, 0.3) is 0 Å². The fourth-order valence-corrected chi connectivity index (χ4v) is 2.94. The van der Waals surface area contributed by atoms with Crippen LogP contribution in [0.15, 0.2) is 23.4 Å². The first-order valence-corrected chi connectivity index (χ1v) is 6.83. The Labute approximate surface area is 99.3 Å². The molecule has 94 valence electrons. The summed E-state index contributed by atoms with van der Waals surface area (Å²) >= 11 is 0. The van der Waals surface area contributed by atoms with Crippen molar-refractivity contribution in [1.29, 1.82) is 0 Å². The van der Waals surface area contributed by atoms with Crippen LogP contribution in [0.2, 0.25) is 0 Å². The molecule has 7 heteroatoms. The Morgan fingerprint density at radius 3 is 2.82 bits per heavy atom. The van der Waals surface area contributed by atoms with E-state index in [1.54, 1.807) is 0 Å². The van der Waals surface area contributed by atoms with Gasteiger partial charge in [0.15, 0.2) is 5.82 Å². The van der Waals surface area contributed by atoms with E-state index in [2.05, 4.69) is 9.71 Å². The monoisotopic (exact) mass is 259 g/mol. The average Bonchev–Trinajstić information content (AvgIpc) is 2.23. The SMILES string of the molecule is NC1CC(CNS(=O)(=O)c2ncccc2F)C1. The highest BCUT2D eigenvalue weighted by Crippen LogP contribution is 2.25. The smallest absolute Gasteiger partial charge is 0.261 e. The highest BCUT2D eigenvalue weighted by atomic mass is 32.2. The number of nitrogens with zero attached hydrogens (tertiary/aromatic N) is 1. The summed E-state index contributed by atoms with van der Waals surface area (Å²) < 4.78 is 39.1. The molecule has 0 aromatic carbocycles. The molecule has 1 heterocycles. The van der Waals surface area contributed by atoms with Crippen molar-refractivity contribution in [2.75, 3.05) is 6.54 Å². The molecule has 5 nitrogen and oxygen atoms in total. The van der Waals surface area contributed by atoms with E-state index in [1.807, 2.05) is 0 Å². The van der Waals surface area contributed by atoms with Crippen molar-refractivity contribution >= 4 is 10.0 Å². The largest absolute Gasteiger partial charge is 0.328 e. The van der Waals surface area contributed by atoms with Crippen molar-refractivity contribution < 1.29 is 12.8 Å². The molecule has 1 aliphatic rings. The average molecular weight is 259 g/mol. The minimum Gasteiger partial charge on any atom is -0.328 e. The third kappa shape index (κ3) is 2.80. The third-order valence-electron chi connectivity index (χ3n) is 2.81. The van der Waals surface area contributed by atoms with Gasteiger partial charge in [-0.15, -0.1) is 0 Å². The van der Waals surface area contributed by atoms with Crippen LogP contribution in [0, 0.1) is 11.7 Å². The molecule has 0 amide bonds. The Kier molecular flexibility index (Phi) is 3.41. The van der Waals surface area contributed by atoms with Crippen LogP contribution >= 0.6 is 0 Å². The Morgan fingerprint density at radius 2 is 2.24 bits per heavy atom. The predicted molar refractivity (Wildman–Crippen MR) is 60.1 cm³/mol.